The Balaban J connectivity index is 1.50. The monoisotopic (exact) mass is 367 g/mol. The van der Waals surface area contributed by atoms with E-state index >= 15 is 0 Å². The number of hydrogen-bond donors (Lipinski definition) is 1. The lowest BCUT2D eigenvalue weighted by molar-refractivity contribution is -0.113. The molecule has 2 aliphatic heterocycles. The zero-order valence-corrected chi connectivity index (χ0v) is 15.3. The number of carbonyl (C=O) groups excluding carboxylic acids is 1. The first-order valence-electron chi connectivity index (χ1n) is 8.83. The maximum atomic E-state index is 12.4. The predicted molar refractivity (Wildman–Crippen MR) is 107 cm³/mol. The van der Waals surface area contributed by atoms with Gasteiger partial charge in [-0.3, -0.25) is 9.69 Å². The van der Waals surface area contributed by atoms with E-state index < -0.39 is 0 Å². The van der Waals surface area contributed by atoms with Gasteiger partial charge in [0.05, 0.1) is 11.5 Å². The molecule has 2 aromatic carbocycles. The molecule has 0 radical (unpaired) electrons. The number of aliphatic hydroxyl groups excluding tert-OH is 1. The molecule has 0 spiro atoms. The molecule has 4 rings (SSSR count). The molecule has 2 aliphatic rings. The molecule has 0 unspecified atom stereocenters. The van der Waals surface area contributed by atoms with Gasteiger partial charge < -0.3 is 10.0 Å². The second-order valence-corrected chi connectivity index (χ2v) is 7.44. The van der Waals surface area contributed by atoms with Crippen molar-refractivity contribution in [2.24, 2.45) is 4.99 Å². The van der Waals surface area contributed by atoms with Crippen LogP contribution in [0.15, 0.2) is 52.4 Å². The van der Waals surface area contributed by atoms with Crippen LogP contribution in [0.3, 0.4) is 0 Å². The average Bonchev–Trinajstić information content (AvgIpc) is 3.03. The summed E-state index contributed by atoms with van der Waals surface area (Å²) in [5.41, 5.74) is 1.04. The zero-order valence-electron chi connectivity index (χ0n) is 14.5. The molecular weight excluding hydrogens is 346 g/mol. The van der Waals surface area contributed by atoms with Gasteiger partial charge in [0, 0.05) is 32.7 Å². The van der Waals surface area contributed by atoms with Crippen LogP contribution in [0.4, 0.5) is 0 Å². The van der Waals surface area contributed by atoms with Gasteiger partial charge in [0.1, 0.15) is 0 Å². The highest BCUT2D eigenvalue weighted by molar-refractivity contribution is 8.18. The minimum absolute atomic E-state index is 0.157. The van der Waals surface area contributed by atoms with Crippen molar-refractivity contribution in [1.29, 1.82) is 0 Å². The summed E-state index contributed by atoms with van der Waals surface area (Å²) >= 11 is 1.46. The Labute approximate surface area is 157 Å². The summed E-state index contributed by atoms with van der Waals surface area (Å²) in [5.74, 6) is -0.157. The summed E-state index contributed by atoms with van der Waals surface area (Å²) in [6, 6.07) is 14.3. The van der Waals surface area contributed by atoms with E-state index in [4.69, 9.17) is 5.11 Å². The Kier molecular flexibility index (Phi) is 5.06. The number of nitrogens with zero attached hydrogens (tertiary/aromatic N) is 3. The van der Waals surface area contributed by atoms with Gasteiger partial charge in [0.25, 0.3) is 5.91 Å². The number of benzene rings is 2. The molecule has 1 fully saturated rings. The molecule has 2 heterocycles. The van der Waals surface area contributed by atoms with E-state index in [0.717, 1.165) is 42.3 Å². The fraction of sp³-hybridized carbons (Fsp3) is 0.300. The minimum Gasteiger partial charge on any atom is -0.395 e. The number of aliphatic hydroxyl groups is 1. The molecule has 134 valence electrons. The van der Waals surface area contributed by atoms with E-state index in [1.54, 1.807) is 0 Å². The molecule has 2 aromatic rings. The van der Waals surface area contributed by atoms with Crippen molar-refractivity contribution in [2.75, 3.05) is 39.3 Å². The Morgan fingerprint density at radius 3 is 2.65 bits per heavy atom. The van der Waals surface area contributed by atoms with Crippen molar-refractivity contribution in [1.82, 2.24) is 9.80 Å². The van der Waals surface area contributed by atoms with Gasteiger partial charge in [-0.05, 0) is 34.2 Å². The fourth-order valence-electron chi connectivity index (χ4n) is 3.35. The number of aliphatic imine (C=N–C) groups is 1. The largest absolute Gasteiger partial charge is 0.395 e. The third-order valence-electron chi connectivity index (χ3n) is 4.78. The maximum Gasteiger partial charge on any atom is 0.286 e. The van der Waals surface area contributed by atoms with E-state index in [-0.39, 0.29) is 12.5 Å². The van der Waals surface area contributed by atoms with Crippen LogP contribution >= 0.6 is 11.8 Å². The Bertz CT molecular complexity index is 880. The Hall–Kier alpha value is -2.15. The Morgan fingerprint density at radius 2 is 1.85 bits per heavy atom. The molecule has 0 aromatic heterocycles. The average molecular weight is 367 g/mol. The van der Waals surface area contributed by atoms with E-state index in [0.29, 0.717) is 11.4 Å². The highest BCUT2D eigenvalue weighted by Gasteiger charge is 2.28. The third kappa shape index (κ3) is 3.53. The second-order valence-electron chi connectivity index (χ2n) is 6.43. The quantitative estimate of drug-likeness (QED) is 0.845. The number of amidine groups is 1. The molecule has 5 nitrogen and oxygen atoms in total. The van der Waals surface area contributed by atoms with Crippen molar-refractivity contribution in [2.45, 2.75) is 0 Å². The Morgan fingerprint density at radius 1 is 1.08 bits per heavy atom. The highest BCUT2D eigenvalue weighted by atomic mass is 32.2. The lowest BCUT2D eigenvalue weighted by Gasteiger charge is -2.34. The van der Waals surface area contributed by atoms with Gasteiger partial charge in [-0.25, -0.2) is 0 Å². The van der Waals surface area contributed by atoms with Crippen LogP contribution < -0.4 is 0 Å². The van der Waals surface area contributed by atoms with Crippen LogP contribution in [0.5, 0.6) is 0 Å². The molecule has 0 aliphatic carbocycles. The SMILES string of the molecule is O=C1N=C(N2CCN(CCO)CC2)S/C1=C/c1cccc2ccccc12. The van der Waals surface area contributed by atoms with Crippen LogP contribution in [0.2, 0.25) is 0 Å². The van der Waals surface area contributed by atoms with E-state index in [1.165, 1.54) is 17.1 Å². The first-order valence-corrected chi connectivity index (χ1v) is 9.65. The van der Waals surface area contributed by atoms with Crippen molar-refractivity contribution in [3.05, 3.63) is 52.9 Å². The number of hydrogen-bond acceptors (Lipinski definition) is 5. The standard InChI is InChI=1S/C20H21N3O2S/c24-13-12-22-8-10-23(11-9-22)20-21-19(25)18(26-20)14-16-6-3-5-15-4-1-2-7-17(15)16/h1-7,14,24H,8-13H2/b18-14+. The molecule has 26 heavy (non-hydrogen) atoms. The molecule has 1 saturated heterocycles. The molecule has 1 N–H and O–H groups in total. The maximum absolute atomic E-state index is 12.4. The molecule has 0 saturated carbocycles. The first-order chi connectivity index (χ1) is 12.7. The molecular formula is C20H21N3O2S. The summed E-state index contributed by atoms with van der Waals surface area (Å²) in [7, 11) is 0. The van der Waals surface area contributed by atoms with Gasteiger partial charge in [-0.2, -0.15) is 4.99 Å². The van der Waals surface area contributed by atoms with Crippen molar-refractivity contribution >= 4 is 39.7 Å². The van der Waals surface area contributed by atoms with Crippen molar-refractivity contribution < 1.29 is 9.90 Å². The minimum atomic E-state index is -0.157. The molecule has 6 heteroatoms. The van der Waals surface area contributed by atoms with Crippen LogP contribution in [-0.4, -0.2) is 65.3 Å². The molecule has 0 bridgehead atoms. The fourth-order valence-corrected chi connectivity index (χ4v) is 4.31. The lowest BCUT2D eigenvalue weighted by atomic mass is 10.0. The molecule has 0 atom stereocenters. The first kappa shape index (κ1) is 17.3. The van der Waals surface area contributed by atoms with Crippen molar-refractivity contribution in [3.8, 4) is 0 Å². The number of piperazine rings is 1. The lowest BCUT2D eigenvalue weighted by Crippen LogP contribution is -2.48. The number of rotatable bonds is 3. The number of fused-ring (bicyclic) bond motifs is 1. The highest BCUT2D eigenvalue weighted by Crippen LogP contribution is 2.32. The zero-order chi connectivity index (χ0) is 17.9. The van der Waals surface area contributed by atoms with Crippen LogP contribution in [-0.2, 0) is 4.79 Å². The van der Waals surface area contributed by atoms with Crippen molar-refractivity contribution in [3.63, 3.8) is 0 Å². The number of thioether (sulfide) groups is 1. The van der Waals surface area contributed by atoms with Crippen LogP contribution in [0.25, 0.3) is 16.8 Å². The van der Waals surface area contributed by atoms with Gasteiger partial charge in [-0.15, -0.1) is 0 Å². The van der Waals surface area contributed by atoms with Gasteiger partial charge in [-0.1, -0.05) is 42.5 Å². The van der Waals surface area contributed by atoms with Crippen LogP contribution in [0.1, 0.15) is 5.56 Å². The predicted octanol–water partition coefficient (Wildman–Crippen LogP) is 2.42. The van der Waals surface area contributed by atoms with Gasteiger partial charge >= 0.3 is 0 Å². The summed E-state index contributed by atoms with van der Waals surface area (Å²) in [6.07, 6.45) is 1.95. The topological polar surface area (TPSA) is 56.1 Å². The second kappa shape index (κ2) is 7.61. The summed E-state index contributed by atoms with van der Waals surface area (Å²) in [6.45, 7) is 4.33. The van der Waals surface area contributed by atoms with Gasteiger partial charge in [0.15, 0.2) is 5.17 Å². The number of amides is 1. The summed E-state index contributed by atoms with van der Waals surface area (Å²) < 4.78 is 0. The number of carbonyl (C=O) groups is 1. The summed E-state index contributed by atoms with van der Waals surface area (Å²) in [4.78, 5) is 21.7. The normalized spacial score (nSPS) is 20.2. The smallest absolute Gasteiger partial charge is 0.286 e. The number of β-amino-alcohol motifs (C(OH)–C–C–N with tert-alkyl or cyclic N) is 1. The van der Waals surface area contributed by atoms with E-state index in [9.17, 15) is 4.79 Å². The molecule has 1 amide bonds. The van der Waals surface area contributed by atoms with Gasteiger partial charge in [0.2, 0.25) is 0 Å². The van der Waals surface area contributed by atoms with Crippen LogP contribution in [0, 0.1) is 0 Å². The third-order valence-corrected chi connectivity index (χ3v) is 5.82. The van der Waals surface area contributed by atoms with E-state index in [1.807, 2.05) is 30.3 Å². The van der Waals surface area contributed by atoms with E-state index in [2.05, 4.69) is 33.0 Å². The summed E-state index contributed by atoms with van der Waals surface area (Å²) in [5, 5.41) is 12.1.